The minimum Gasteiger partial charge on any atom is -0.431 e. The van der Waals surface area contributed by atoms with E-state index in [9.17, 15) is 0 Å². The lowest BCUT2D eigenvalue weighted by Gasteiger charge is -2.21. The van der Waals surface area contributed by atoms with Crippen molar-refractivity contribution in [3.63, 3.8) is 0 Å². The van der Waals surface area contributed by atoms with Gasteiger partial charge in [-0.25, -0.2) is 4.98 Å². The van der Waals surface area contributed by atoms with Crippen LogP contribution >= 0.6 is 11.8 Å². The summed E-state index contributed by atoms with van der Waals surface area (Å²) in [5.74, 6) is 1.85. The summed E-state index contributed by atoms with van der Waals surface area (Å²) in [4.78, 5) is 4.47. The molecule has 1 saturated heterocycles. The fraction of sp³-hybridized carbons (Fsp3) is 0.462. The molecule has 1 atom stereocenters. The summed E-state index contributed by atoms with van der Waals surface area (Å²) in [6, 6.07) is 7.93. The molecule has 1 aromatic carbocycles. The van der Waals surface area contributed by atoms with Crippen molar-refractivity contribution in [2.24, 2.45) is 5.92 Å². The summed E-state index contributed by atoms with van der Waals surface area (Å²) in [6.45, 7) is 2.30. The molecule has 4 heteroatoms. The number of fused-ring (bicyclic) bond motifs is 1. The van der Waals surface area contributed by atoms with Gasteiger partial charge in [0.15, 0.2) is 5.58 Å². The topological polar surface area (TPSA) is 38.1 Å². The molecule has 0 radical (unpaired) electrons. The molecule has 0 unspecified atom stereocenters. The molecule has 2 aromatic rings. The van der Waals surface area contributed by atoms with Gasteiger partial charge in [-0.2, -0.15) is 0 Å². The first kappa shape index (κ1) is 11.1. The highest BCUT2D eigenvalue weighted by molar-refractivity contribution is 7.99. The van der Waals surface area contributed by atoms with E-state index in [1.54, 1.807) is 11.8 Å². The zero-order chi connectivity index (χ0) is 11.5. The van der Waals surface area contributed by atoms with Gasteiger partial charge in [0, 0.05) is 5.75 Å². The Balaban J connectivity index is 1.64. The number of thioether (sulfide) groups is 1. The minimum atomic E-state index is 0.753. The first-order valence-corrected chi connectivity index (χ1v) is 7.09. The number of oxazole rings is 1. The predicted molar refractivity (Wildman–Crippen MR) is 70.3 cm³/mol. The lowest BCUT2D eigenvalue weighted by Crippen LogP contribution is -2.30. The van der Waals surface area contributed by atoms with Crippen molar-refractivity contribution in [2.45, 2.75) is 18.1 Å². The second kappa shape index (κ2) is 5.10. The maximum atomic E-state index is 5.69. The minimum absolute atomic E-state index is 0.753. The SMILES string of the molecule is c1ccc2oc(SC[C@@H]3CCCNC3)nc2c1. The van der Waals surface area contributed by atoms with Crippen molar-refractivity contribution in [1.82, 2.24) is 10.3 Å². The van der Waals surface area contributed by atoms with Crippen LogP contribution in [0.1, 0.15) is 12.8 Å². The summed E-state index contributed by atoms with van der Waals surface area (Å²) in [5, 5.41) is 4.24. The molecule has 1 aliphatic rings. The number of hydrogen-bond acceptors (Lipinski definition) is 4. The van der Waals surface area contributed by atoms with E-state index in [2.05, 4.69) is 10.3 Å². The molecule has 3 nitrogen and oxygen atoms in total. The summed E-state index contributed by atoms with van der Waals surface area (Å²) in [7, 11) is 0. The van der Waals surface area contributed by atoms with E-state index in [4.69, 9.17) is 4.42 Å². The van der Waals surface area contributed by atoms with Gasteiger partial charge in [-0.3, -0.25) is 0 Å². The van der Waals surface area contributed by atoms with E-state index in [0.29, 0.717) is 0 Å². The molecule has 1 aromatic heterocycles. The van der Waals surface area contributed by atoms with Crippen LogP contribution in [-0.2, 0) is 0 Å². The van der Waals surface area contributed by atoms with Crippen molar-refractivity contribution in [3.8, 4) is 0 Å². The molecule has 1 fully saturated rings. The van der Waals surface area contributed by atoms with E-state index >= 15 is 0 Å². The van der Waals surface area contributed by atoms with Gasteiger partial charge in [-0.1, -0.05) is 23.9 Å². The summed E-state index contributed by atoms with van der Waals surface area (Å²) >= 11 is 1.73. The standard InChI is InChI=1S/C13H16N2OS/c1-2-6-12-11(5-1)15-13(16-12)17-9-10-4-3-7-14-8-10/h1-2,5-6,10,14H,3-4,7-9H2/t10-/m1/s1. The number of para-hydroxylation sites is 2. The molecular weight excluding hydrogens is 232 g/mol. The van der Waals surface area contributed by atoms with E-state index in [1.165, 1.54) is 19.4 Å². The second-order valence-electron chi connectivity index (χ2n) is 4.47. The normalized spacial score (nSPS) is 20.8. The summed E-state index contributed by atoms with van der Waals surface area (Å²) in [5.41, 5.74) is 1.84. The third-order valence-corrected chi connectivity index (χ3v) is 4.18. The van der Waals surface area contributed by atoms with Gasteiger partial charge < -0.3 is 9.73 Å². The number of benzene rings is 1. The van der Waals surface area contributed by atoms with Crippen molar-refractivity contribution < 1.29 is 4.42 Å². The Labute approximate surface area is 105 Å². The Hall–Kier alpha value is -1.00. The van der Waals surface area contributed by atoms with Crippen LogP contribution in [0, 0.1) is 5.92 Å². The van der Waals surface area contributed by atoms with Crippen LogP contribution in [0.5, 0.6) is 0 Å². The van der Waals surface area contributed by atoms with Crippen LogP contribution in [-0.4, -0.2) is 23.8 Å². The Morgan fingerprint density at radius 3 is 3.18 bits per heavy atom. The van der Waals surface area contributed by atoms with Gasteiger partial charge in [0.1, 0.15) is 5.52 Å². The van der Waals surface area contributed by atoms with Crippen LogP contribution in [0.25, 0.3) is 11.1 Å². The van der Waals surface area contributed by atoms with E-state index in [1.807, 2.05) is 24.3 Å². The highest BCUT2D eigenvalue weighted by Crippen LogP contribution is 2.26. The summed E-state index contributed by atoms with van der Waals surface area (Å²) < 4.78 is 5.69. The molecule has 90 valence electrons. The maximum absolute atomic E-state index is 5.69. The molecule has 0 amide bonds. The van der Waals surface area contributed by atoms with E-state index in [-0.39, 0.29) is 0 Å². The molecule has 17 heavy (non-hydrogen) atoms. The van der Waals surface area contributed by atoms with Crippen molar-refractivity contribution >= 4 is 22.9 Å². The predicted octanol–water partition coefficient (Wildman–Crippen LogP) is 2.92. The molecule has 0 bridgehead atoms. The Kier molecular flexibility index (Phi) is 3.34. The number of piperidine rings is 1. The van der Waals surface area contributed by atoms with Crippen LogP contribution < -0.4 is 5.32 Å². The van der Waals surface area contributed by atoms with Crippen LogP contribution in [0.15, 0.2) is 33.9 Å². The fourth-order valence-electron chi connectivity index (χ4n) is 2.17. The van der Waals surface area contributed by atoms with E-state index in [0.717, 1.165) is 34.5 Å². The molecule has 0 saturated carbocycles. The van der Waals surface area contributed by atoms with E-state index < -0.39 is 0 Å². The fourth-order valence-corrected chi connectivity index (χ4v) is 3.14. The molecule has 3 rings (SSSR count). The zero-order valence-corrected chi connectivity index (χ0v) is 10.5. The van der Waals surface area contributed by atoms with Gasteiger partial charge in [-0.15, -0.1) is 0 Å². The average Bonchev–Trinajstić information content (AvgIpc) is 2.80. The van der Waals surface area contributed by atoms with Gasteiger partial charge in [0.25, 0.3) is 5.22 Å². The lowest BCUT2D eigenvalue weighted by atomic mass is 10.0. The highest BCUT2D eigenvalue weighted by atomic mass is 32.2. The molecule has 2 heterocycles. The number of rotatable bonds is 3. The van der Waals surface area contributed by atoms with Gasteiger partial charge in [0.05, 0.1) is 0 Å². The smallest absolute Gasteiger partial charge is 0.256 e. The molecule has 0 aliphatic carbocycles. The molecule has 1 N–H and O–H groups in total. The van der Waals surface area contributed by atoms with Gasteiger partial charge in [-0.05, 0) is 44.0 Å². The molecule has 0 spiro atoms. The lowest BCUT2D eigenvalue weighted by molar-refractivity contribution is 0.408. The second-order valence-corrected chi connectivity index (χ2v) is 5.44. The van der Waals surface area contributed by atoms with Gasteiger partial charge >= 0.3 is 0 Å². The van der Waals surface area contributed by atoms with Crippen molar-refractivity contribution in [2.75, 3.05) is 18.8 Å². The number of nitrogens with one attached hydrogen (secondary N) is 1. The first-order valence-electron chi connectivity index (χ1n) is 6.11. The Bertz CT molecular complexity index is 458. The van der Waals surface area contributed by atoms with Crippen molar-refractivity contribution in [3.05, 3.63) is 24.3 Å². The Morgan fingerprint density at radius 2 is 2.35 bits per heavy atom. The number of hydrogen-bond donors (Lipinski definition) is 1. The van der Waals surface area contributed by atoms with Crippen LogP contribution in [0.2, 0.25) is 0 Å². The highest BCUT2D eigenvalue weighted by Gasteiger charge is 2.14. The zero-order valence-electron chi connectivity index (χ0n) is 9.69. The quantitative estimate of drug-likeness (QED) is 0.848. The monoisotopic (exact) mass is 248 g/mol. The Morgan fingerprint density at radius 1 is 1.41 bits per heavy atom. The average molecular weight is 248 g/mol. The molecule has 1 aliphatic heterocycles. The van der Waals surface area contributed by atoms with Gasteiger partial charge in [0.2, 0.25) is 0 Å². The number of nitrogens with zero attached hydrogens (tertiary/aromatic N) is 1. The van der Waals surface area contributed by atoms with Crippen LogP contribution in [0.3, 0.4) is 0 Å². The summed E-state index contributed by atoms with van der Waals surface area (Å²) in [6.07, 6.45) is 2.61. The largest absolute Gasteiger partial charge is 0.431 e. The maximum Gasteiger partial charge on any atom is 0.256 e. The first-order chi connectivity index (χ1) is 8.42. The third-order valence-electron chi connectivity index (χ3n) is 3.12. The van der Waals surface area contributed by atoms with Crippen LogP contribution in [0.4, 0.5) is 0 Å². The molecular formula is C13H16N2OS. The number of aromatic nitrogens is 1. The van der Waals surface area contributed by atoms with Crippen molar-refractivity contribution in [1.29, 1.82) is 0 Å². The third kappa shape index (κ3) is 2.64.